The first-order valence-corrected chi connectivity index (χ1v) is 17.9. The molecule has 7 aromatic rings. The quantitative estimate of drug-likeness (QED) is 0.105. The molecule has 0 N–H and O–H groups in total. The fourth-order valence-corrected chi connectivity index (χ4v) is 9.38. The van der Waals surface area contributed by atoms with Crippen LogP contribution >= 0.6 is 15.8 Å². The molecule has 0 saturated carbocycles. The maximum atomic E-state index is 8.10. The molecule has 257 valence electrons. The molecule has 1 heterocycles. The smallest absolute Gasteiger partial charge is 0.131 e. The number of hydrogen-bond donors (Lipinski definition) is 0. The van der Waals surface area contributed by atoms with Gasteiger partial charge in [0, 0.05) is 26.6 Å². The van der Waals surface area contributed by atoms with E-state index in [1.165, 1.54) is 31.8 Å². The summed E-state index contributed by atoms with van der Waals surface area (Å²) in [5, 5.41) is 11.2. The summed E-state index contributed by atoms with van der Waals surface area (Å²) in [7, 11) is -0.892. The SMILES string of the molecule is [C-]#[O+].[Cl-].[Cl-].[N-]=Nc1ccccn1.[Re].c1ccc(P(c2ccccc2)c2ccccc2)cc1.c1ccc(P(c2ccccc2)c2ccccc2)cc1. The van der Waals surface area contributed by atoms with Crippen molar-refractivity contribution in [3.8, 4) is 0 Å². The number of nitrogens with zero attached hydrogens (tertiary/aromatic N) is 3. The maximum absolute atomic E-state index is 8.10. The normalized spacial score (nSPS) is 9.25. The van der Waals surface area contributed by atoms with Gasteiger partial charge in [-0.1, -0.05) is 188 Å². The summed E-state index contributed by atoms with van der Waals surface area (Å²) in [6, 6.07) is 69.8. The Hall–Kier alpha value is -4.09. The van der Waals surface area contributed by atoms with Crippen LogP contribution in [0.15, 0.2) is 212 Å². The number of rotatable bonds is 7. The van der Waals surface area contributed by atoms with Crippen molar-refractivity contribution in [3.05, 3.63) is 219 Å². The second-order valence-corrected chi connectivity index (χ2v) is 14.4. The Morgan fingerprint density at radius 1 is 0.392 bits per heavy atom. The molecule has 0 spiro atoms. The van der Waals surface area contributed by atoms with Crippen molar-refractivity contribution in [2.75, 3.05) is 0 Å². The van der Waals surface area contributed by atoms with E-state index >= 15 is 0 Å². The average molecular weight is 916 g/mol. The van der Waals surface area contributed by atoms with E-state index in [0.29, 0.717) is 5.82 Å². The Morgan fingerprint density at radius 3 is 0.765 bits per heavy atom. The molecule has 0 saturated heterocycles. The third kappa shape index (κ3) is 14.6. The Labute approximate surface area is 330 Å². The van der Waals surface area contributed by atoms with Crippen LogP contribution in [0.2, 0.25) is 0 Å². The van der Waals surface area contributed by atoms with Crippen LogP contribution in [0.3, 0.4) is 0 Å². The minimum absolute atomic E-state index is 0. The molecular formula is C42H34Cl2N3OP2Re-3. The fraction of sp³-hybridized carbons (Fsp3) is 0. The molecule has 6 aromatic carbocycles. The molecule has 0 atom stereocenters. The Morgan fingerprint density at radius 2 is 0.608 bits per heavy atom. The molecule has 0 aliphatic carbocycles. The van der Waals surface area contributed by atoms with Gasteiger partial charge in [0.15, 0.2) is 0 Å². The van der Waals surface area contributed by atoms with E-state index in [2.05, 4.69) is 199 Å². The first-order chi connectivity index (χ1) is 23.8. The van der Waals surface area contributed by atoms with Gasteiger partial charge in [-0.25, -0.2) is 4.98 Å². The van der Waals surface area contributed by atoms with Gasteiger partial charge in [-0.15, -0.1) is 0 Å². The van der Waals surface area contributed by atoms with Gasteiger partial charge in [0.2, 0.25) is 0 Å². The predicted octanol–water partition coefficient (Wildman–Crippen LogP) is 2.59. The van der Waals surface area contributed by atoms with Gasteiger partial charge in [0.05, 0.1) is 0 Å². The van der Waals surface area contributed by atoms with E-state index in [0.717, 1.165) is 0 Å². The summed E-state index contributed by atoms with van der Waals surface area (Å²) in [5.74, 6) is 0.340. The topological polar surface area (TPSA) is 67.5 Å². The van der Waals surface area contributed by atoms with Crippen LogP contribution < -0.4 is 56.6 Å². The third-order valence-electron chi connectivity index (χ3n) is 6.84. The van der Waals surface area contributed by atoms with Crippen molar-refractivity contribution in [1.29, 1.82) is 0 Å². The van der Waals surface area contributed by atoms with Crippen LogP contribution in [0.5, 0.6) is 0 Å². The Kier molecular flexibility index (Phi) is 23.5. The maximum Gasteiger partial charge on any atom is 0.131 e. The fourth-order valence-electron chi connectivity index (χ4n) is 4.77. The first kappa shape index (κ1) is 44.9. The largest absolute Gasteiger partial charge is 1.00 e. The van der Waals surface area contributed by atoms with Gasteiger partial charge < -0.3 is 35.5 Å². The molecule has 9 heteroatoms. The zero-order valence-corrected chi connectivity index (χ0v) is 33.4. The first-order valence-electron chi connectivity index (χ1n) is 15.2. The molecule has 0 unspecified atom stereocenters. The van der Waals surface area contributed by atoms with E-state index < -0.39 is 15.8 Å². The van der Waals surface area contributed by atoms with E-state index in [4.69, 9.17) is 10.2 Å². The van der Waals surface area contributed by atoms with Crippen LogP contribution in [0.25, 0.3) is 5.53 Å². The number of halogens is 2. The molecule has 1 radical (unpaired) electrons. The average Bonchev–Trinajstić information content (AvgIpc) is 3.19. The molecule has 4 nitrogen and oxygen atoms in total. The van der Waals surface area contributed by atoms with Gasteiger partial charge in [-0.2, -0.15) is 0 Å². The van der Waals surface area contributed by atoms with Gasteiger partial charge >= 0.3 is 11.3 Å². The van der Waals surface area contributed by atoms with E-state index in [9.17, 15) is 0 Å². The van der Waals surface area contributed by atoms with Crippen molar-refractivity contribution in [2.24, 2.45) is 5.11 Å². The molecule has 0 fully saturated rings. The van der Waals surface area contributed by atoms with Crippen molar-refractivity contribution in [2.45, 2.75) is 0 Å². The van der Waals surface area contributed by atoms with E-state index in [-0.39, 0.29) is 45.2 Å². The van der Waals surface area contributed by atoms with Crippen molar-refractivity contribution in [1.82, 2.24) is 4.98 Å². The van der Waals surface area contributed by atoms with Crippen LogP contribution in [0, 0.1) is 6.65 Å². The standard InChI is InChI=1S/2C18H15P.C5H4N3.CO.2ClH.Re/c2*1-4-10-16(11-5-1)19(17-12-6-2-7-13-17)18-14-8-3-9-15-18;6-8-5-3-1-2-4-7-5;1-2;;;/h2*1-15H;1-4H;;2*1H;/q;;-1;;;;/p-2. The molecule has 0 bridgehead atoms. The van der Waals surface area contributed by atoms with Gasteiger partial charge in [0.1, 0.15) is 5.82 Å². The molecule has 0 aliphatic heterocycles. The summed E-state index contributed by atoms with van der Waals surface area (Å²) < 4.78 is 7.50. The van der Waals surface area contributed by atoms with Crippen molar-refractivity contribution in [3.63, 3.8) is 0 Å². The summed E-state index contributed by atoms with van der Waals surface area (Å²) in [5.41, 5.74) is 8.10. The second-order valence-electron chi connectivity index (χ2n) is 9.97. The Bertz CT molecular complexity index is 1590. The number of pyridine rings is 1. The minimum atomic E-state index is -0.446. The molecule has 51 heavy (non-hydrogen) atoms. The number of benzene rings is 6. The van der Waals surface area contributed by atoms with Gasteiger partial charge in [-0.3, -0.25) is 0 Å². The predicted molar refractivity (Wildman–Crippen MR) is 204 cm³/mol. The van der Waals surface area contributed by atoms with Crippen molar-refractivity contribution >= 4 is 53.5 Å². The van der Waals surface area contributed by atoms with Crippen LogP contribution in [-0.2, 0) is 25.1 Å². The van der Waals surface area contributed by atoms with Gasteiger partial charge in [-0.05, 0) is 59.8 Å². The molecule has 0 aliphatic rings. The monoisotopic (exact) mass is 915 g/mol. The van der Waals surface area contributed by atoms with Gasteiger partial charge in [0.25, 0.3) is 0 Å². The second kappa shape index (κ2) is 26.7. The molecule has 0 amide bonds. The number of aromatic nitrogens is 1. The zero-order chi connectivity index (χ0) is 33.7. The van der Waals surface area contributed by atoms with Crippen LogP contribution in [0.1, 0.15) is 0 Å². The summed E-state index contributed by atoms with van der Waals surface area (Å²) in [4.78, 5) is 3.68. The zero-order valence-electron chi connectivity index (χ0n) is 27.4. The molecular weight excluding hydrogens is 882 g/mol. The van der Waals surface area contributed by atoms with Crippen molar-refractivity contribution < 1.29 is 49.9 Å². The summed E-state index contributed by atoms with van der Waals surface area (Å²) >= 11 is 0. The summed E-state index contributed by atoms with van der Waals surface area (Å²) in [6.45, 7) is 4.50. The minimum Gasteiger partial charge on any atom is -1.00 e. The van der Waals surface area contributed by atoms with E-state index in [1.54, 1.807) is 24.4 Å². The third-order valence-corrected chi connectivity index (χ3v) is 11.7. The molecule has 1 aromatic heterocycles. The summed E-state index contributed by atoms with van der Waals surface area (Å²) in [6.07, 6.45) is 1.56. The van der Waals surface area contributed by atoms with Crippen LogP contribution in [0.4, 0.5) is 5.82 Å². The molecule has 7 rings (SSSR count). The Balaban J connectivity index is 0.000000387. The van der Waals surface area contributed by atoms with E-state index in [1.807, 2.05) is 0 Å². The van der Waals surface area contributed by atoms with Crippen LogP contribution in [-0.4, -0.2) is 4.98 Å². The number of hydrogen-bond acceptors (Lipinski definition) is 2.